The van der Waals surface area contributed by atoms with Crippen LogP contribution in [-0.2, 0) is 6.54 Å². The van der Waals surface area contributed by atoms with E-state index in [2.05, 4.69) is 32.1 Å². The van der Waals surface area contributed by atoms with Crippen molar-refractivity contribution >= 4 is 5.95 Å². The van der Waals surface area contributed by atoms with E-state index in [1.54, 1.807) is 0 Å². The summed E-state index contributed by atoms with van der Waals surface area (Å²) in [5.41, 5.74) is 1.08. The molecule has 1 aromatic heterocycles. The van der Waals surface area contributed by atoms with Crippen LogP contribution in [0.15, 0.2) is 12.4 Å². The highest BCUT2D eigenvalue weighted by Crippen LogP contribution is 2.10. The van der Waals surface area contributed by atoms with Gasteiger partial charge in [-0.2, -0.15) is 0 Å². The van der Waals surface area contributed by atoms with Gasteiger partial charge >= 0.3 is 0 Å². The van der Waals surface area contributed by atoms with Crippen LogP contribution in [0.2, 0.25) is 0 Å². The SMILES string of the molecule is CC(CO)CNCc1cnc(N2CCN(C)CC2)nc1. The first-order chi connectivity index (χ1) is 9.69. The first-order valence-corrected chi connectivity index (χ1v) is 7.25. The van der Waals surface area contributed by atoms with Crippen LogP contribution in [0.4, 0.5) is 5.95 Å². The number of hydrogen-bond donors (Lipinski definition) is 2. The molecule has 0 saturated carbocycles. The number of nitrogens with one attached hydrogen (secondary N) is 1. The smallest absolute Gasteiger partial charge is 0.225 e. The third-order valence-corrected chi connectivity index (χ3v) is 3.61. The molecular weight excluding hydrogens is 254 g/mol. The number of aromatic nitrogens is 2. The highest BCUT2D eigenvalue weighted by molar-refractivity contribution is 5.30. The van der Waals surface area contributed by atoms with Crippen molar-refractivity contribution in [3.05, 3.63) is 18.0 Å². The lowest BCUT2D eigenvalue weighted by Crippen LogP contribution is -2.45. The van der Waals surface area contributed by atoms with Gasteiger partial charge in [0, 0.05) is 63.8 Å². The van der Waals surface area contributed by atoms with E-state index < -0.39 is 0 Å². The maximum atomic E-state index is 8.96. The van der Waals surface area contributed by atoms with Gasteiger partial charge in [0.05, 0.1) is 0 Å². The van der Waals surface area contributed by atoms with Crippen LogP contribution in [0.1, 0.15) is 12.5 Å². The predicted molar refractivity (Wildman–Crippen MR) is 79.7 cm³/mol. The van der Waals surface area contributed by atoms with Gasteiger partial charge < -0.3 is 20.2 Å². The number of piperazine rings is 1. The molecule has 6 heteroatoms. The van der Waals surface area contributed by atoms with Gasteiger partial charge in [0.25, 0.3) is 0 Å². The molecule has 1 aliphatic rings. The Morgan fingerprint density at radius 1 is 1.25 bits per heavy atom. The standard InChI is InChI=1S/C14H25N5O/c1-12(11-20)7-15-8-13-9-16-14(17-10-13)19-5-3-18(2)4-6-19/h9-10,12,15,20H,3-8,11H2,1-2H3. The second-order valence-electron chi connectivity index (χ2n) is 5.60. The van der Waals surface area contributed by atoms with Crippen molar-refractivity contribution < 1.29 is 5.11 Å². The number of nitrogens with zero attached hydrogens (tertiary/aromatic N) is 4. The molecule has 2 N–H and O–H groups in total. The van der Waals surface area contributed by atoms with Crippen LogP contribution in [0, 0.1) is 5.92 Å². The Labute approximate surface area is 120 Å². The summed E-state index contributed by atoms with van der Waals surface area (Å²) in [5, 5.41) is 12.3. The summed E-state index contributed by atoms with van der Waals surface area (Å²) in [5.74, 6) is 1.10. The van der Waals surface area contributed by atoms with Crippen molar-refractivity contribution in [3.8, 4) is 0 Å². The van der Waals surface area contributed by atoms with Gasteiger partial charge in [-0.25, -0.2) is 9.97 Å². The van der Waals surface area contributed by atoms with Crippen LogP contribution in [-0.4, -0.2) is 66.4 Å². The quantitative estimate of drug-likeness (QED) is 0.761. The minimum atomic E-state index is 0.214. The zero-order valence-electron chi connectivity index (χ0n) is 12.4. The van der Waals surface area contributed by atoms with Crippen LogP contribution < -0.4 is 10.2 Å². The fraction of sp³-hybridized carbons (Fsp3) is 0.714. The topological polar surface area (TPSA) is 64.5 Å². The maximum Gasteiger partial charge on any atom is 0.225 e. The molecular formula is C14H25N5O. The van der Waals surface area contributed by atoms with Gasteiger partial charge in [-0.3, -0.25) is 0 Å². The molecule has 0 bridgehead atoms. The summed E-state index contributed by atoms with van der Waals surface area (Å²) in [6.45, 7) is 7.87. The molecule has 1 fully saturated rings. The minimum Gasteiger partial charge on any atom is -0.396 e. The number of anilines is 1. The van der Waals surface area contributed by atoms with Gasteiger partial charge in [0.1, 0.15) is 0 Å². The van der Waals surface area contributed by atoms with Crippen LogP contribution in [0.3, 0.4) is 0 Å². The second kappa shape index (κ2) is 7.52. The molecule has 0 amide bonds. The minimum absolute atomic E-state index is 0.214. The molecule has 0 aromatic carbocycles. The first kappa shape index (κ1) is 15.2. The monoisotopic (exact) mass is 279 g/mol. The second-order valence-corrected chi connectivity index (χ2v) is 5.60. The summed E-state index contributed by atoms with van der Waals surface area (Å²) in [6.07, 6.45) is 3.77. The van der Waals surface area contributed by atoms with E-state index in [0.29, 0.717) is 0 Å². The average molecular weight is 279 g/mol. The molecule has 0 aliphatic carbocycles. The van der Waals surface area contributed by atoms with Crippen molar-refractivity contribution in [1.82, 2.24) is 20.2 Å². The number of aliphatic hydroxyl groups excluding tert-OH is 1. The molecule has 2 rings (SSSR count). The zero-order valence-corrected chi connectivity index (χ0v) is 12.4. The Balaban J connectivity index is 1.80. The Bertz CT molecular complexity index is 389. The number of aliphatic hydroxyl groups is 1. The molecule has 1 aromatic rings. The van der Waals surface area contributed by atoms with E-state index in [-0.39, 0.29) is 12.5 Å². The van der Waals surface area contributed by atoms with E-state index in [1.807, 2.05) is 19.3 Å². The molecule has 1 atom stereocenters. The van der Waals surface area contributed by atoms with Crippen molar-refractivity contribution in [2.75, 3.05) is 51.3 Å². The molecule has 0 radical (unpaired) electrons. The largest absolute Gasteiger partial charge is 0.396 e. The normalized spacial score (nSPS) is 18.2. The van der Waals surface area contributed by atoms with Gasteiger partial charge in [0.15, 0.2) is 0 Å². The zero-order chi connectivity index (χ0) is 14.4. The lowest BCUT2D eigenvalue weighted by Gasteiger charge is -2.32. The Hall–Kier alpha value is -1.24. The molecule has 1 saturated heterocycles. The third-order valence-electron chi connectivity index (χ3n) is 3.61. The average Bonchev–Trinajstić information content (AvgIpc) is 2.48. The molecule has 1 unspecified atom stereocenters. The number of likely N-dealkylation sites (N-methyl/N-ethyl adjacent to an activating group) is 1. The lowest BCUT2D eigenvalue weighted by atomic mass is 10.2. The molecule has 1 aliphatic heterocycles. The molecule has 0 spiro atoms. The molecule has 20 heavy (non-hydrogen) atoms. The van der Waals surface area contributed by atoms with Crippen LogP contribution in [0.5, 0.6) is 0 Å². The highest BCUT2D eigenvalue weighted by atomic mass is 16.3. The Morgan fingerprint density at radius 2 is 1.90 bits per heavy atom. The van der Waals surface area contributed by atoms with Gasteiger partial charge in [-0.05, 0) is 13.0 Å². The number of rotatable bonds is 6. The number of hydrogen-bond acceptors (Lipinski definition) is 6. The Kier molecular flexibility index (Phi) is 5.70. The lowest BCUT2D eigenvalue weighted by molar-refractivity contribution is 0.233. The first-order valence-electron chi connectivity index (χ1n) is 7.25. The summed E-state index contributed by atoms with van der Waals surface area (Å²) in [7, 11) is 2.14. The summed E-state index contributed by atoms with van der Waals surface area (Å²) < 4.78 is 0. The highest BCUT2D eigenvalue weighted by Gasteiger charge is 2.15. The van der Waals surface area contributed by atoms with E-state index >= 15 is 0 Å². The molecule has 112 valence electrons. The fourth-order valence-electron chi connectivity index (χ4n) is 2.14. The molecule has 6 nitrogen and oxygen atoms in total. The van der Waals surface area contributed by atoms with Gasteiger partial charge in [-0.1, -0.05) is 6.92 Å². The summed E-state index contributed by atoms with van der Waals surface area (Å²) in [4.78, 5) is 13.4. The third kappa shape index (κ3) is 4.40. The summed E-state index contributed by atoms with van der Waals surface area (Å²) >= 11 is 0. The van der Waals surface area contributed by atoms with Gasteiger partial charge in [0.2, 0.25) is 5.95 Å². The van der Waals surface area contributed by atoms with Gasteiger partial charge in [-0.15, -0.1) is 0 Å². The van der Waals surface area contributed by atoms with Crippen molar-refractivity contribution in [1.29, 1.82) is 0 Å². The van der Waals surface area contributed by atoms with E-state index in [1.165, 1.54) is 0 Å². The summed E-state index contributed by atoms with van der Waals surface area (Å²) in [6, 6.07) is 0. The van der Waals surface area contributed by atoms with Crippen LogP contribution in [0.25, 0.3) is 0 Å². The predicted octanol–water partition coefficient (Wildman–Crippen LogP) is -0.0536. The van der Waals surface area contributed by atoms with Crippen molar-refractivity contribution in [3.63, 3.8) is 0 Å². The van der Waals surface area contributed by atoms with Crippen molar-refractivity contribution in [2.45, 2.75) is 13.5 Å². The van der Waals surface area contributed by atoms with E-state index in [0.717, 1.165) is 50.8 Å². The van der Waals surface area contributed by atoms with Crippen molar-refractivity contribution in [2.24, 2.45) is 5.92 Å². The Morgan fingerprint density at radius 3 is 2.50 bits per heavy atom. The maximum absolute atomic E-state index is 8.96. The fourth-order valence-corrected chi connectivity index (χ4v) is 2.14. The van der Waals surface area contributed by atoms with E-state index in [4.69, 9.17) is 5.11 Å². The molecule has 2 heterocycles. The van der Waals surface area contributed by atoms with Crippen LogP contribution >= 0.6 is 0 Å². The van der Waals surface area contributed by atoms with E-state index in [9.17, 15) is 0 Å².